The molecular weight excluding hydrogens is 428 g/mol. The Morgan fingerprint density at radius 3 is 2.62 bits per heavy atom. The molecule has 1 aliphatic heterocycles. The van der Waals surface area contributed by atoms with Gasteiger partial charge in [0.2, 0.25) is 10.0 Å². The minimum atomic E-state index is -3.48. The number of nitrogens with one attached hydrogen (secondary N) is 1. The maximum absolute atomic E-state index is 12.8. The average Bonchev–Trinajstić information content (AvgIpc) is 3.39. The van der Waals surface area contributed by atoms with E-state index < -0.39 is 10.0 Å². The quantitative estimate of drug-likeness (QED) is 0.586. The second-order valence-electron chi connectivity index (χ2n) is 8.16. The number of fused-ring (bicyclic) bond motifs is 1. The molecule has 168 valence electrons. The molecule has 3 heterocycles. The molecule has 1 aliphatic rings. The van der Waals surface area contributed by atoms with Gasteiger partial charge in [-0.25, -0.2) is 13.4 Å². The summed E-state index contributed by atoms with van der Waals surface area (Å²) in [6, 6.07) is 9.06. The van der Waals surface area contributed by atoms with Gasteiger partial charge in [-0.05, 0) is 61.7 Å². The van der Waals surface area contributed by atoms with Crippen molar-refractivity contribution in [1.82, 2.24) is 25.1 Å². The number of pyridine rings is 1. The predicted molar refractivity (Wildman–Crippen MR) is 121 cm³/mol. The number of rotatable bonds is 7. The predicted octanol–water partition coefficient (Wildman–Crippen LogP) is 2.14. The Bertz CT molecular complexity index is 1220. The van der Waals surface area contributed by atoms with Gasteiger partial charge in [0.15, 0.2) is 5.82 Å². The summed E-state index contributed by atoms with van der Waals surface area (Å²) in [4.78, 5) is 21.2. The normalized spacial score (nSPS) is 15.8. The van der Waals surface area contributed by atoms with Gasteiger partial charge in [-0.1, -0.05) is 0 Å². The highest BCUT2D eigenvalue weighted by molar-refractivity contribution is 7.92. The van der Waals surface area contributed by atoms with Crippen molar-refractivity contribution < 1.29 is 13.2 Å². The minimum absolute atomic E-state index is 0.139. The zero-order valence-electron chi connectivity index (χ0n) is 18.3. The fourth-order valence-electron chi connectivity index (χ4n) is 3.77. The lowest BCUT2D eigenvalue weighted by Gasteiger charge is -2.16. The molecule has 0 bridgehead atoms. The van der Waals surface area contributed by atoms with Gasteiger partial charge in [0.25, 0.3) is 5.91 Å². The van der Waals surface area contributed by atoms with E-state index in [-0.39, 0.29) is 24.4 Å². The third-order valence-corrected chi connectivity index (χ3v) is 6.64. The van der Waals surface area contributed by atoms with Crippen molar-refractivity contribution in [1.29, 1.82) is 0 Å². The van der Waals surface area contributed by atoms with E-state index in [1.54, 1.807) is 41.6 Å². The van der Waals surface area contributed by atoms with Crippen LogP contribution in [0, 0.1) is 0 Å². The minimum Gasteiger partial charge on any atom is -0.352 e. The Balaban J connectivity index is 1.58. The molecule has 0 spiro atoms. The fourth-order valence-corrected chi connectivity index (χ4v) is 4.71. The van der Waals surface area contributed by atoms with Crippen molar-refractivity contribution in [3.8, 4) is 0 Å². The van der Waals surface area contributed by atoms with Crippen LogP contribution in [0.4, 0.5) is 5.69 Å². The molecule has 2 aromatic heterocycles. The lowest BCUT2D eigenvalue weighted by molar-refractivity contribution is 0.0954. The van der Waals surface area contributed by atoms with E-state index in [1.165, 1.54) is 10.6 Å². The first-order valence-electron chi connectivity index (χ1n) is 10.4. The van der Waals surface area contributed by atoms with Crippen molar-refractivity contribution in [3.05, 3.63) is 71.6 Å². The number of benzene rings is 1. The molecule has 9 nitrogen and oxygen atoms in total. The molecule has 0 saturated heterocycles. The molecular formula is C22H26N6O3S. The summed E-state index contributed by atoms with van der Waals surface area (Å²) in [5, 5.41) is 7.47. The van der Waals surface area contributed by atoms with Gasteiger partial charge in [0.05, 0.1) is 17.9 Å². The number of anilines is 1. The highest BCUT2D eigenvalue weighted by Crippen LogP contribution is 2.40. The molecule has 32 heavy (non-hydrogen) atoms. The summed E-state index contributed by atoms with van der Waals surface area (Å²) in [6.45, 7) is 4.69. The van der Waals surface area contributed by atoms with Crippen LogP contribution in [0.1, 0.15) is 53.1 Å². The van der Waals surface area contributed by atoms with Gasteiger partial charge < -0.3 is 5.32 Å². The third kappa shape index (κ3) is 4.50. The first-order valence-corrected chi connectivity index (χ1v) is 12.3. The van der Waals surface area contributed by atoms with Crippen molar-refractivity contribution in [2.45, 2.75) is 32.2 Å². The van der Waals surface area contributed by atoms with Crippen molar-refractivity contribution >= 4 is 21.6 Å². The van der Waals surface area contributed by atoms with Crippen LogP contribution >= 0.6 is 0 Å². The Morgan fingerprint density at radius 2 is 1.97 bits per heavy atom. The number of hydrogen-bond donors (Lipinski definition) is 1. The maximum atomic E-state index is 12.8. The first kappa shape index (κ1) is 21.9. The van der Waals surface area contributed by atoms with E-state index in [4.69, 9.17) is 0 Å². The van der Waals surface area contributed by atoms with E-state index >= 15 is 0 Å². The number of nitrogens with zero attached hydrogens (tertiary/aromatic N) is 5. The highest BCUT2D eigenvalue weighted by atomic mass is 32.2. The number of carbonyl (C=O) groups excluding carboxylic acids is 1. The number of carbonyl (C=O) groups is 1. The molecule has 1 aromatic carbocycles. The smallest absolute Gasteiger partial charge is 0.251 e. The van der Waals surface area contributed by atoms with Gasteiger partial charge >= 0.3 is 0 Å². The van der Waals surface area contributed by atoms with Gasteiger partial charge in [0.1, 0.15) is 6.33 Å². The van der Waals surface area contributed by atoms with Crippen LogP contribution < -0.4 is 9.62 Å². The summed E-state index contributed by atoms with van der Waals surface area (Å²) in [6.07, 6.45) is 6.97. The molecule has 4 rings (SSSR count). The summed E-state index contributed by atoms with van der Waals surface area (Å²) >= 11 is 0. The van der Waals surface area contributed by atoms with Crippen molar-refractivity contribution in [2.75, 3.05) is 23.7 Å². The maximum Gasteiger partial charge on any atom is 0.251 e. The second kappa shape index (κ2) is 8.70. The molecule has 0 aliphatic carbocycles. The first-order chi connectivity index (χ1) is 15.2. The van der Waals surface area contributed by atoms with Crippen LogP contribution in [-0.2, 0) is 16.4 Å². The van der Waals surface area contributed by atoms with Crippen LogP contribution in [0.15, 0.2) is 49.1 Å². The number of amides is 1. The zero-order chi connectivity index (χ0) is 22.9. The molecule has 0 radical (unpaired) electrons. The lowest BCUT2D eigenvalue weighted by Crippen LogP contribution is -2.29. The van der Waals surface area contributed by atoms with Gasteiger partial charge in [0, 0.05) is 37.1 Å². The third-order valence-electron chi connectivity index (χ3n) is 5.50. The van der Waals surface area contributed by atoms with Crippen LogP contribution in [0.3, 0.4) is 0 Å². The molecule has 1 unspecified atom stereocenters. The Labute approximate surface area is 187 Å². The lowest BCUT2D eigenvalue weighted by atomic mass is 9.98. The Morgan fingerprint density at radius 1 is 1.22 bits per heavy atom. The summed E-state index contributed by atoms with van der Waals surface area (Å²) in [5.74, 6) is -0.00952. The van der Waals surface area contributed by atoms with Gasteiger partial charge in [-0.15, -0.1) is 0 Å². The molecule has 1 amide bonds. The average molecular weight is 455 g/mol. The van der Waals surface area contributed by atoms with Crippen LogP contribution in [0.25, 0.3) is 0 Å². The monoisotopic (exact) mass is 454 g/mol. The molecule has 0 saturated carbocycles. The summed E-state index contributed by atoms with van der Waals surface area (Å²) < 4.78 is 27.9. The fraction of sp³-hybridized carbons (Fsp3) is 0.364. The number of sulfonamides is 1. The number of aromatic nitrogens is 4. The molecule has 1 atom stereocenters. The van der Waals surface area contributed by atoms with Gasteiger partial charge in [-0.2, -0.15) is 5.10 Å². The largest absolute Gasteiger partial charge is 0.352 e. The molecule has 3 aromatic rings. The molecule has 1 N–H and O–H groups in total. The number of hydrogen-bond acceptors (Lipinski definition) is 6. The summed E-state index contributed by atoms with van der Waals surface area (Å²) in [7, 11) is -3.48. The molecule has 10 heteroatoms. The Kier molecular flexibility index (Phi) is 5.96. The van der Waals surface area contributed by atoms with E-state index in [0.29, 0.717) is 30.0 Å². The van der Waals surface area contributed by atoms with Crippen molar-refractivity contribution in [2.24, 2.45) is 0 Å². The second-order valence-corrected chi connectivity index (χ2v) is 10.1. The standard InChI is InChI=1S/C22H26N6O3S/c1-15(2)27-14-25-21(26-27)19-13-28(32(3,30)31)20-5-4-17(12-18(19)20)22(29)24-11-8-16-6-9-23-10-7-16/h4-7,9-10,12,14-15,19H,8,11,13H2,1-3H3,(H,24,29). The summed E-state index contributed by atoms with van der Waals surface area (Å²) in [5.41, 5.74) is 2.86. The molecule has 0 fully saturated rings. The zero-order valence-corrected chi connectivity index (χ0v) is 19.1. The highest BCUT2D eigenvalue weighted by Gasteiger charge is 2.37. The van der Waals surface area contributed by atoms with Crippen LogP contribution in [0.5, 0.6) is 0 Å². The topological polar surface area (TPSA) is 110 Å². The Hall–Kier alpha value is -3.27. The van der Waals surface area contributed by atoms with Gasteiger partial charge in [-0.3, -0.25) is 18.8 Å². The van der Waals surface area contributed by atoms with E-state index in [2.05, 4.69) is 20.4 Å². The van der Waals surface area contributed by atoms with E-state index in [0.717, 1.165) is 11.1 Å². The van der Waals surface area contributed by atoms with Crippen molar-refractivity contribution in [3.63, 3.8) is 0 Å². The van der Waals surface area contributed by atoms with E-state index in [9.17, 15) is 13.2 Å². The SMILES string of the molecule is CC(C)n1cnc(C2CN(S(C)(=O)=O)c3ccc(C(=O)NCCc4ccncc4)cc32)n1. The van der Waals surface area contributed by atoms with Crippen LogP contribution in [0.2, 0.25) is 0 Å². The van der Waals surface area contributed by atoms with E-state index in [1.807, 2.05) is 26.0 Å². The van der Waals surface area contributed by atoms with Crippen LogP contribution in [-0.4, -0.2) is 53.4 Å².